The standard InChI is InChI=1S/C25H34N2O5S/c1-19(22-11-12-23(31-2)24(18-22)32-3)26-25(28)21-13-15-27(16-14-21)33(29,30)17-7-10-20-8-5-4-6-9-20/h4-6,8-9,11-12,18-19,21H,7,10,13-17H2,1-3H3,(H,26,28)/t19-/m0/s1. The molecule has 1 N–H and O–H groups in total. The Morgan fingerprint density at radius 2 is 1.73 bits per heavy atom. The molecule has 1 atom stereocenters. The molecule has 1 heterocycles. The summed E-state index contributed by atoms with van der Waals surface area (Å²) in [5.41, 5.74) is 2.06. The number of piperidine rings is 1. The highest BCUT2D eigenvalue weighted by Gasteiger charge is 2.31. The molecular formula is C25H34N2O5S. The van der Waals surface area contributed by atoms with Crippen molar-refractivity contribution in [2.75, 3.05) is 33.1 Å². The van der Waals surface area contributed by atoms with E-state index in [1.807, 2.05) is 55.5 Å². The second-order valence-electron chi connectivity index (χ2n) is 8.42. The quantitative estimate of drug-likeness (QED) is 0.569. The predicted molar refractivity (Wildman–Crippen MR) is 129 cm³/mol. The molecule has 1 aliphatic heterocycles. The molecule has 7 nitrogen and oxygen atoms in total. The lowest BCUT2D eigenvalue weighted by molar-refractivity contribution is -0.126. The predicted octanol–water partition coefficient (Wildman–Crippen LogP) is 3.56. The largest absolute Gasteiger partial charge is 0.493 e. The first-order chi connectivity index (χ1) is 15.8. The molecule has 0 aliphatic carbocycles. The lowest BCUT2D eigenvalue weighted by Gasteiger charge is -2.31. The smallest absolute Gasteiger partial charge is 0.223 e. The van der Waals surface area contributed by atoms with Crippen LogP contribution in [0.25, 0.3) is 0 Å². The number of nitrogens with zero attached hydrogens (tertiary/aromatic N) is 1. The number of hydrogen-bond donors (Lipinski definition) is 1. The molecule has 33 heavy (non-hydrogen) atoms. The number of rotatable bonds is 10. The summed E-state index contributed by atoms with van der Waals surface area (Å²) in [6.45, 7) is 2.69. The van der Waals surface area contributed by atoms with Gasteiger partial charge in [-0.25, -0.2) is 12.7 Å². The lowest BCUT2D eigenvalue weighted by atomic mass is 9.96. The van der Waals surface area contributed by atoms with Crippen molar-refractivity contribution in [1.82, 2.24) is 9.62 Å². The Morgan fingerprint density at radius 3 is 2.36 bits per heavy atom. The fraction of sp³-hybridized carbons (Fsp3) is 0.480. The minimum atomic E-state index is -3.31. The average molecular weight is 475 g/mol. The molecule has 1 fully saturated rings. The van der Waals surface area contributed by atoms with Crippen LogP contribution in [0.3, 0.4) is 0 Å². The van der Waals surface area contributed by atoms with Gasteiger partial charge in [-0.3, -0.25) is 4.79 Å². The highest BCUT2D eigenvalue weighted by atomic mass is 32.2. The van der Waals surface area contributed by atoms with E-state index in [1.54, 1.807) is 18.5 Å². The molecule has 8 heteroatoms. The van der Waals surface area contributed by atoms with Gasteiger partial charge in [0.05, 0.1) is 26.0 Å². The first-order valence-corrected chi connectivity index (χ1v) is 13.0. The maximum Gasteiger partial charge on any atom is 0.223 e. The minimum Gasteiger partial charge on any atom is -0.493 e. The lowest BCUT2D eigenvalue weighted by Crippen LogP contribution is -2.44. The van der Waals surface area contributed by atoms with E-state index >= 15 is 0 Å². The van der Waals surface area contributed by atoms with E-state index in [4.69, 9.17) is 9.47 Å². The average Bonchev–Trinajstić information content (AvgIpc) is 2.84. The minimum absolute atomic E-state index is 0.0431. The molecule has 2 aromatic carbocycles. The zero-order valence-electron chi connectivity index (χ0n) is 19.6. The first kappa shape index (κ1) is 25.1. The molecule has 180 valence electrons. The number of aryl methyl sites for hydroxylation is 1. The third-order valence-corrected chi connectivity index (χ3v) is 8.15. The SMILES string of the molecule is COc1ccc([C@H](C)NC(=O)C2CCN(S(=O)(=O)CCCc3ccccc3)CC2)cc1OC. The first-order valence-electron chi connectivity index (χ1n) is 11.4. The molecule has 1 aliphatic rings. The summed E-state index contributed by atoms with van der Waals surface area (Å²) in [6.07, 6.45) is 2.40. The summed E-state index contributed by atoms with van der Waals surface area (Å²) in [5.74, 6) is 1.15. The Kier molecular flexibility index (Phi) is 8.74. The third kappa shape index (κ3) is 6.71. The van der Waals surface area contributed by atoms with Gasteiger partial charge in [-0.05, 0) is 55.9 Å². The van der Waals surface area contributed by atoms with Gasteiger partial charge in [0.15, 0.2) is 11.5 Å². The van der Waals surface area contributed by atoms with Crippen molar-refractivity contribution in [3.8, 4) is 11.5 Å². The molecule has 0 unspecified atom stereocenters. The maximum absolute atomic E-state index is 12.8. The van der Waals surface area contributed by atoms with Crippen molar-refractivity contribution in [2.24, 2.45) is 5.92 Å². The Balaban J connectivity index is 1.48. The zero-order valence-corrected chi connectivity index (χ0v) is 20.4. The number of benzene rings is 2. The number of carbonyl (C=O) groups excluding carboxylic acids is 1. The number of methoxy groups -OCH3 is 2. The molecule has 2 aromatic rings. The van der Waals surface area contributed by atoms with Gasteiger partial charge in [-0.15, -0.1) is 0 Å². The van der Waals surface area contributed by atoms with E-state index in [-0.39, 0.29) is 23.6 Å². The summed E-state index contributed by atoms with van der Waals surface area (Å²) in [5, 5.41) is 3.06. The van der Waals surface area contributed by atoms with Crippen LogP contribution in [0.4, 0.5) is 0 Å². The molecule has 1 saturated heterocycles. The Bertz CT molecular complexity index is 1020. The van der Waals surface area contributed by atoms with Gasteiger partial charge >= 0.3 is 0 Å². The summed E-state index contributed by atoms with van der Waals surface area (Å²) in [6, 6.07) is 15.3. The molecule has 0 aromatic heterocycles. The van der Waals surface area contributed by atoms with Crippen LogP contribution in [0.5, 0.6) is 11.5 Å². The highest BCUT2D eigenvalue weighted by molar-refractivity contribution is 7.89. The molecule has 0 spiro atoms. The van der Waals surface area contributed by atoms with Crippen molar-refractivity contribution >= 4 is 15.9 Å². The van der Waals surface area contributed by atoms with Crippen LogP contribution < -0.4 is 14.8 Å². The normalized spacial score (nSPS) is 16.2. The molecular weight excluding hydrogens is 440 g/mol. The summed E-state index contributed by atoms with van der Waals surface area (Å²) in [7, 11) is -0.147. The van der Waals surface area contributed by atoms with Crippen LogP contribution in [0.15, 0.2) is 48.5 Å². The van der Waals surface area contributed by atoms with Crippen LogP contribution in [0, 0.1) is 5.92 Å². The molecule has 1 amide bonds. The van der Waals surface area contributed by atoms with E-state index in [0.717, 1.165) is 17.5 Å². The van der Waals surface area contributed by atoms with Gasteiger partial charge in [-0.1, -0.05) is 36.4 Å². The second-order valence-corrected chi connectivity index (χ2v) is 10.5. The number of hydrogen-bond acceptors (Lipinski definition) is 5. The van der Waals surface area contributed by atoms with Gasteiger partial charge in [0.25, 0.3) is 0 Å². The van der Waals surface area contributed by atoms with E-state index < -0.39 is 10.0 Å². The van der Waals surface area contributed by atoms with Gasteiger partial charge in [-0.2, -0.15) is 0 Å². The van der Waals surface area contributed by atoms with Crippen LogP contribution in [-0.4, -0.2) is 51.7 Å². The number of ether oxygens (including phenoxy) is 2. The highest BCUT2D eigenvalue weighted by Crippen LogP contribution is 2.30. The van der Waals surface area contributed by atoms with Crippen LogP contribution in [0.1, 0.15) is 43.4 Å². The Morgan fingerprint density at radius 1 is 1.06 bits per heavy atom. The van der Waals surface area contributed by atoms with Crippen molar-refractivity contribution in [2.45, 2.75) is 38.6 Å². The van der Waals surface area contributed by atoms with Crippen molar-refractivity contribution < 1.29 is 22.7 Å². The summed E-state index contributed by atoms with van der Waals surface area (Å²) in [4.78, 5) is 12.8. The molecule has 0 saturated carbocycles. The van der Waals surface area contributed by atoms with E-state index in [2.05, 4.69) is 5.32 Å². The number of carbonyl (C=O) groups is 1. The van der Waals surface area contributed by atoms with Crippen molar-refractivity contribution in [3.63, 3.8) is 0 Å². The van der Waals surface area contributed by atoms with Gasteiger partial charge < -0.3 is 14.8 Å². The number of amides is 1. The monoisotopic (exact) mass is 474 g/mol. The number of sulfonamides is 1. The second kappa shape index (κ2) is 11.5. The Labute approximate surface area is 197 Å². The summed E-state index contributed by atoms with van der Waals surface area (Å²) >= 11 is 0. The van der Waals surface area contributed by atoms with E-state index in [9.17, 15) is 13.2 Å². The summed E-state index contributed by atoms with van der Waals surface area (Å²) < 4.78 is 37.6. The number of nitrogens with one attached hydrogen (secondary N) is 1. The van der Waals surface area contributed by atoms with Crippen molar-refractivity contribution in [3.05, 3.63) is 59.7 Å². The zero-order chi connectivity index (χ0) is 23.8. The topological polar surface area (TPSA) is 84.9 Å². The Hall–Kier alpha value is -2.58. The molecule has 0 radical (unpaired) electrons. The van der Waals surface area contributed by atoms with Crippen LogP contribution in [0.2, 0.25) is 0 Å². The van der Waals surface area contributed by atoms with Gasteiger partial charge in [0, 0.05) is 19.0 Å². The van der Waals surface area contributed by atoms with E-state index in [0.29, 0.717) is 43.9 Å². The molecule has 0 bridgehead atoms. The molecule has 3 rings (SSSR count). The fourth-order valence-electron chi connectivity index (χ4n) is 4.17. The van der Waals surface area contributed by atoms with Gasteiger partial charge in [0.2, 0.25) is 15.9 Å². The fourth-order valence-corrected chi connectivity index (χ4v) is 5.70. The third-order valence-electron chi connectivity index (χ3n) is 6.20. The van der Waals surface area contributed by atoms with Crippen LogP contribution in [-0.2, 0) is 21.2 Å². The maximum atomic E-state index is 12.8. The van der Waals surface area contributed by atoms with Gasteiger partial charge in [0.1, 0.15) is 0 Å². The van der Waals surface area contributed by atoms with Crippen molar-refractivity contribution in [1.29, 1.82) is 0 Å². The van der Waals surface area contributed by atoms with E-state index in [1.165, 1.54) is 0 Å². The van der Waals surface area contributed by atoms with Crippen LogP contribution >= 0.6 is 0 Å².